The van der Waals surface area contributed by atoms with Crippen LogP contribution >= 0.6 is 0 Å². The van der Waals surface area contributed by atoms with Crippen LogP contribution in [0.15, 0.2) is 181 Å². The van der Waals surface area contributed by atoms with E-state index in [0.29, 0.717) is 5.39 Å². The molecule has 0 saturated carbocycles. The van der Waals surface area contributed by atoms with Crippen molar-refractivity contribution in [3.8, 4) is 44.5 Å². The van der Waals surface area contributed by atoms with Gasteiger partial charge in [0.15, 0.2) is 0 Å². The van der Waals surface area contributed by atoms with Gasteiger partial charge in [0.1, 0.15) is 0 Å². The number of hydrogen-bond acceptors (Lipinski definition) is 0. The third kappa shape index (κ3) is 4.38. The molecule has 46 heavy (non-hydrogen) atoms. The van der Waals surface area contributed by atoms with Crippen molar-refractivity contribution < 1.29 is 31.5 Å². The molecule has 0 amide bonds. The molecule has 0 nitrogen and oxygen atoms in total. The minimum Gasteiger partial charge on any atom is -0.0622 e. The molecule has 0 aliphatic carbocycles. The summed E-state index contributed by atoms with van der Waals surface area (Å²) < 4.78 is 209. The van der Waals surface area contributed by atoms with Crippen LogP contribution in [-0.2, 0) is 0 Å². The van der Waals surface area contributed by atoms with Crippen molar-refractivity contribution in [1.29, 1.82) is 0 Å². The Hall–Kier alpha value is -5.98. The Morgan fingerprint density at radius 3 is 1.76 bits per heavy atom. The number of fused-ring (bicyclic) bond motifs is 4. The zero-order chi connectivity index (χ0) is 50.5. The summed E-state index contributed by atoms with van der Waals surface area (Å²) in [7, 11) is 0. The maximum Gasteiger partial charge on any atom is 0.0636 e. The summed E-state index contributed by atoms with van der Waals surface area (Å²) in [4.78, 5) is 0. The van der Waals surface area contributed by atoms with Crippen molar-refractivity contribution in [2.45, 2.75) is 0 Å². The second-order valence-corrected chi connectivity index (χ2v) is 10.3. The molecule has 0 unspecified atom stereocenters. The van der Waals surface area contributed by atoms with Gasteiger partial charge in [0.25, 0.3) is 0 Å². The predicted molar refractivity (Wildman–Crippen MR) is 198 cm³/mol. The van der Waals surface area contributed by atoms with Gasteiger partial charge in [-0.2, -0.15) is 0 Å². The van der Waals surface area contributed by atoms with Gasteiger partial charge in [-0.15, -0.1) is 0 Å². The molecule has 0 spiro atoms. The van der Waals surface area contributed by atoms with Crippen LogP contribution < -0.4 is 0 Å². The Balaban J connectivity index is 1.64. The Labute approximate surface area is 301 Å². The first-order valence-corrected chi connectivity index (χ1v) is 14.1. The molecule has 0 bridgehead atoms. The van der Waals surface area contributed by atoms with Gasteiger partial charge < -0.3 is 0 Å². The van der Waals surface area contributed by atoms with Gasteiger partial charge in [-0.05, 0) is 99.7 Å². The van der Waals surface area contributed by atoms with E-state index in [4.69, 9.17) is 17.8 Å². The van der Waals surface area contributed by atoms with Crippen LogP contribution in [0.2, 0.25) is 0 Å². The van der Waals surface area contributed by atoms with Crippen molar-refractivity contribution in [2.24, 2.45) is 0 Å². The predicted octanol–water partition coefficient (Wildman–Crippen LogP) is 13.0. The molecule has 0 heterocycles. The summed E-state index contributed by atoms with van der Waals surface area (Å²) in [5.74, 6) is 0. The highest BCUT2D eigenvalue weighted by Gasteiger charge is 2.19. The van der Waals surface area contributed by atoms with E-state index in [1.807, 2.05) is 6.07 Å². The molecule has 214 valence electrons. The summed E-state index contributed by atoms with van der Waals surface area (Å²) in [6, 6.07) is -8.22. The first-order valence-electron chi connectivity index (χ1n) is 25.6. The summed E-state index contributed by atoms with van der Waals surface area (Å²) in [5.41, 5.74) is -4.21. The fourth-order valence-corrected chi connectivity index (χ4v) is 5.65. The Morgan fingerprint density at radius 1 is 0.326 bits per heavy atom. The smallest absolute Gasteiger partial charge is 0.0622 e. The quantitative estimate of drug-likeness (QED) is 0.175. The van der Waals surface area contributed by atoms with Crippen molar-refractivity contribution in [3.63, 3.8) is 0 Å². The summed E-state index contributed by atoms with van der Waals surface area (Å²) >= 11 is 0. The van der Waals surface area contributed by atoms with Gasteiger partial charge in [-0.25, -0.2) is 0 Å². The average Bonchev–Trinajstić information content (AvgIpc) is 3.33. The van der Waals surface area contributed by atoms with Gasteiger partial charge in [-0.1, -0.05) is 169 Å². The van der Waals surface area contributed by atoms with E-state index in [9.17, 15) is 13.7 Å². The molecule has 9 aromatic carbocycles. The van der Waals surface area contributed by atoms with Crippen molar-refractivity contribution in [3.05, 3.63) is 181 Å². The molecule has 0 aliphatic rings. The van der Waals surface area contributed by atoms with Crippen LogP contribution in [0.4, 0.5) is 0 Å². The van der Waals surface area contributed by atoms with Crippen LogP contribution in [0.25, 0.3) is 87.6 Å². The average molecular weight is 606 g/mol. The monoisotopic (exact) mass is 605 g/mol. The largest absolute Gasteiger partial charge is 0.0636 e. The molecular formula is C46H30. The lowest BCUT2D eigenvalue weighted by Crippen LogP contribution is -1.92. The first kappa shape index (κ1) is 12.1. The van der Waals surface area contributed by atoms with Gasteiger partial charge in [0, 0.05) is 0 Å². The van der Waals surface area contributed by atoms with Crippen LogP contribution in [0.3, 0.4) is 0 Å². The molecule has 0 radical (unpaired) electrons. The molecule has 0 heteroatoms. The molecular weight excluding hydrogens is 553 g/mol. The molecule has 0 aliphatic heterocycles. The number of hydrogen-bond donors (Lipinski definition) is 0. The molecule has 0 aromatic heterocycles. The normalized spacial score (nSPS) is 18.5. The maximum absolute atomic E-state index is 10.00. The summed E-state index contributed by atoms with van der Waals surface area (Å²) in [5, 5.41) is -2.49. The Kier molecular flexibility index (Phi) is 2.86. The molecule has 9 rings (SSSR count). The first-order chi connectivity index (χ1) is 32.4. The van der Waals surface area contributed by atoms with Gasteiger partial charge in [-0.3, -0.25) is 0 Å². The standard InChI is InChI=1S/C46H30/c1-2-11-31(12-3-1)38-27-28-43-44(30-38)45(35-24-21-33(22-25-35)37-26-23-32-13-4-5-15-36(32)29-37)41-18-8-9-19-42(41)46(43)40-20-10-16-34-14-6-7-17-39(34)40/h1-30H/i1D,2D,3D,6D,7D,8D,9D,10D,11D,12D,14D,16D,17D,18D,19D,20D,21D,22D,24D,25D,27D,28D,30D. The SMILES string of the molecule is [2H]c1c([2H])c([2H])c(-c2c([2H])c([2H])c3c(-c4c([2H])c([2H])c([2H])c5c([2H])c([2H])c([2H])c([2H])c45)c4c([2H])c([2H])c([2H])c([2H])c4c(-c4c([2H])c([2H])c(-c5ccc6ccccc6c5)c([2H])c4[2H])c3c2[2H])c([2H])c1[2H]. The second-order valence-electron chi connectivity index (χ2n) is 10.3. The van der Waals surface area contributed by atoms with E-state index in [0.717, 1.165) is 5.39 Å². The minimum atomic E-state index is -1.01. The fraction of sp³-hybridized carbons (Fsp3) is 0. The van der Waals surface area contributed by atoms with E-state index in [1.54, 1.807) is 36.4 Å². The van der Waals surface area contributed by atoms with Crippen molar-refractivity contribution in [1.82, 2.24) is 0 Å². The van der Waals surface area contributed by atoms with E-state index in [1.165, 1.54) is 0 Å². The fourth-order valence-electron chi connectivity index (χ4n) is 5.65. The van der Waals surface area contributed by atoms with Gasteiger partial charge >= 0.3 is 0 Å². The number of rotatable bonds is 4. The zero-order valence-corrected chi connectivity index (χ0v) is 23.5. The third-order valence-corrected chi connectivity index (χ3v) is 7.73. The van der Waals surface area contributed by atoms with Crippen molar-refractivity contribution in [2.75, 3.05) is 0 Å². The van der Waals surface area contributed by atoms with E-state index in [2.05, 4.69) is 0 Å². The van der Waals surface area contributed by atoms with E-state index in [-0.39, 0.29) is 11.1 Å². The third-order valence-electron chi connectivity index (χ3n) is 7.73. The zero-order valence-electron chi connectivity index (χ0n) is 46.5. The highest BCUT2D eigenvalue weighted by molar-refractivity contribution is 6.24. The highest BCUT2D eigenvalue weighted by Crippen LogP contribution is 2.46. The van der Waals surface area contributed by atoms with Crippen molar-refractivity contribution >= 4 is 43.1 Å². The Morgan fingerprint density at radius 2 is 0.935 bits per heavy atom. The summed E-state index contributed by atoms with van der Waals surface area (Å²) in [6.45, 7) is 0. The van der Waals surface area contributed by atoms with Crippen LogP contribution in [0, 0.1) is 0 Å². The summed E-state index contributed by atoms with van der Waals surface area (Å²) in [6.07, 6.45) is 0. The highest BCUT2D eigenvalue weighted by atomic mass is 14.2. The van der Waals surface area contributed by atoms with Gasteiger partial charge in [0.2, 0.25) is 0 Å². The van der Waals surface area contributed by atoms with E-state index >= 15 is 0 Å². The maximum atomic E-state index is 10.00. The molecule has 0 N–H and O–H groups in total. The second kappa shape index (κ2) is 10.9. The molecule has 0 saturated heterocycles. The van der Waals surface area contributed by atoms with E-state index < -0.39 is 205 Å². The Bertz CT molecular complexity index is 3810. The molecule has 9 aromatic rings. The van der Waals surface area contributed by atoms with Gasteiger partial charge in [0.05, 0.1) is 31.5 Å². The number of benzene rings is 9. The topological polar surface area (TPSA) is 0 Å². The lowest BCUT2D eigenvalue weighted by Gasteiger charge is -2.20. The molecule has 0 atom stereocenters. The van der Waals surface area contributed by atoms with Crippen LogP contribution in [0.1, 0.15) is 31.5 Å². The lowest BCUT2D eigenvalue weighted by atomic mass is 9.83. The van der Waals surface area contributed by atoms with Crippen LogP contribution in [0.5, 0.6) is 0 Å². The van der Waals surface area contributed by atoms with Crippen LogP contribution in [-0.4, -0.2) is 0 Å². The minimum absolute atomic E-state index is 0.190. The molecule has 0 fully saturated rings. The lowest BCUT2D eigenvalue weighted by molar-refractivity contribution is 1.62.